The van der Waals surface area contributed by atoms with E-state index in [1.165, 1.54) is 110 Å². The second-order valence-corrected chi connectivity index (χ2v) is 39.5. The summed E-state index contributed by atoms with van der Waals surface area (Å²) in [5.41, 5.74) is 34.1. The van der Waals surface area contributed by atoms with Gasteiger partial charge >= 0.3 is 0 Å². The van der Waals surface area contributed by atoms with E-state index >= 15 is 0 Å². The number of nitrogens with zero attached hydrogens (tertiary/aromatic N) is 4. The molecule has 3 aromatic heterocycles. The van der Waals surface area contributed by atoms with Gasteiger partial charge < -0.3 is 23.4 Å². The maximum absolute atomic E-state index is 7.99. The van der Waals surface area contributed by atoms with E-state index in [0.717, 1.165) is 89.6 Å². The first-order valence-corrected chi connectivity index (χ1v) is 40.6. The highest BCUT2D eigenvalue weighted by molar-refractivity contribution is 7.00. The minimum atomic E-state index is -0.332. The lowest BCUT2D eigenvalue weighted by Gasteiger charge is -2.46. The Morgan fingerprint density at radius 2 is 0.616 bits per heavy atom. The van der Waals surface area contributed by atoms with Gasteiger partial charge in [0.15, 0.2) is 11.2 Å². The minimum absolute atomic E-state index is 0.0487. The van der Waals surface area contributed by atoms with Gasteiger partial charge in [0.25, 0.3) is 6.71 Å². The van der Waals surface area contributed by atoms with Crippen LogP contribution in [0, 0.1) is 0 Å². The van der Waals surface area contributed by atoms with Gasteiger partial charge in [0.2, 0.25) is 0 Å². The molecule has 0 aliphatic carbocycles. The quantitative estimate of drug-likeness (QED) is 0.149. The third kappa shape index (κ3) is 11.9. The van der Waals surface area contributed by atoms with Crippen molar-refractivity contribution in [3.05, 3.63) is 294 Å². The fourth-order valence-corrected chi connectivity index (χ4v) is 18.0. The van der Waals surface area contributed by atoms with Crippen LogP contribution in [0.3, 0.4) is 0 Å². The smallest absolute Gasteiger partial charge is 0.252 e. The molecule has 0 unspecified atom stereocenters. The van der Waals surface area contributed by atoms with Gasteiger partial charge in [-0.15, -0.1) is 0 Å². The predicted molar refractivity (Wildman–Crippen MR) is 484 cm³/mol. The standard InChI is InChI=1S/C106H105BN4O/c1-100(2,3)68-36-28-35-66(53-68)67-41-47-84-92(54-67)111(97-78(64-31-24-22-25-32-64)59-73(105(16,17)18)60-79(97)65-33-26-23-27-34-65)95-62-74(106(19,20)21)61-94-96(95)107(84)85-48-46-75(108-86-49-42-69(101(4,5)6)55-80(86)81-56-70(102(7,8)9)43-50-87(81)108)63-93(85)110(94)91-40-30-38-77-76-37-29-39-90(98(76)112-99(77)91)109-88-51-44-71(103(10,11)12)57-82(88)83-58-72(104(13,14)15)45-52-89(83)109/h22-63H,1-21H3. The fraction of sp³-hybridized carbons (Fsp3) is 0.264. The molecule has 16 aromatic rings. The molecular weight excluding hydrogens is 1360 g/mol. The van der Waals surface area contributed by atoms with Crippen LogP contribution in [0.1, 0.15) is 184 Å². The molecule has 6 heteroatoms. The number of rotatable bonds is 7. The summed E-state index contributed by atoms with van der Waals surface area (Å²) in [6.45, 7) is 48.9. The first-order valence-electron chi connectivity index (χ1n) is 40.6. The number of anilines is 6. The molecule has 558 valence electrons. The third-order valence-electron chi connectivity index (χ3n) is 24.6. The molecule has 0 atom stereocenters. The first kappa shape index (κ1) is 72.5. The number of aromatic nitrogens is 2. The molecule has 5 nitrogen and oxygen atoms in total. The van der Waals surface area contributed by atoms with Crippen molar-refractivity contribution < 1.29 is 4.42 Å². The van der Waals surface area contributed by atoms with E-state index < -0.39 is 0 Å². The summed E-state index contributed by atoms with van der Waals surface area (Å²) in [5.74, 6) is 0. The zero-order valence-electron chi connectivity index (χ0n) is 69.5. The van der Waals surface area contributed by atoms with Gasteiger partial charge in [0, 0.05) is 71.9 Å². The monoisotopic (exact) mass is 1460 g/mol. The average molecular weight is 1460 g/mol. The van der Waals surface area contributed by atoms with Crippen molar-refractivity contribution in [1.29, 1.82) is 0 Å². The van der Waals surface area contributed by atoms with Crippen molar-refractivity contribution in [2.24, 2.45) is 0 Å². The Labute approximate surface area is 663 Å². The van der Waals surface area contributed by atoms with E-state index in [1.54, 1.807) is 0 Å². The van der Waals surface area contributed by atoms with Crippen LogP contribution >= 0.6 is 0 Å². The average Bonchev–Trinajstić information content (AvgIpc) is 0.710. The van der Waals surface area contributed by atoms with Crippen LogP contribution in [-0.2, 0) is 37.9 Å². The summed E-state index contributed by atoms with van der Waals surface area (Å²) in [4.78, 5) is 5.35. The van der Waals surface area contributed by atoms with E-state index in [0.29, 0.717) is 0 Å². The van der Waals surface area contributed by atoms with Gasteiger partial charge in [0.05, 0.1) is 39.1 Å². The number of para-hydroxylation sites is 2. The summed E-state index contributed by atoms with van der Waals surface area (Å²) < 4.78 is 13.0. The molecule has 0 spiro atoms. The molecule has 13 aromatic carbocycles. The maximum atomic E-state index is 7.99. The number of benzene rings is 13. The molecule has 5 heterocycles. The predicted octanol–water partition coefficient (Wildman–Crippen LogP) is 27.9. The Hall–Kier alpha value is -11.1. The second-order valence-electron chi connectivity index (χ2n) is 39.5. The van der Waals surface area contributed by atoms with Gasteiger partial charge in [-0.05, 0) is 219 Å². The summed E-state index contributed by atoms with van der Waals surface area (Å²) in [7, 11) is 0. The van der Waals surface area contributed by atoms with Gasteiger partial charge in [0.1, 0.15) is 0 Å². The molecule has 0 bridgehead atoms. The van der Waals surface area contributed by atoms with Crippen molar-refractivity contribution in [2.45, 2.75) is 183 Å². The van der Waals surface area contributed by atoms with Crippen molar-refractivity contribution >= 4 is 123 Å². The molecule has 0 saturated carbocycles. The molecule has 0 fully saturated rings. The largest absolute Gasteiger partial charge is 0.452 e. The number of hydrogen-bond donors (Lipinski definition) is 0. The van der Waals surface area contributed by atoms with E-state index in [9.17, 15) is 0 Å². The summed E-state index contributed by atoms with van der Waals surface area (Å²) in [6, 6.07) is 99.1. The molecule has 0 radical (unpaired) electrons. The molecular formula is C106H105BN4O. The molecule has 0 saturated heterocycles. The van der Waals surface area contributed by atoms with Crippen LogP contribution in [0.4, 0.5) is 34.1 Å². The van der Waals surface area contributed by atoms with E-state index in [2.05, 4.69) is 419 Å². The molecule has 0 amide bonds. The Bertz CT molecular complexity index is 6340. The number of furan rings is 1. The van der Waals surface area contributed by atoms with Crippen LogP contribution in [0.5, 0.6) is 0 Å². The first-order chi connectivity index (χ1) is 53.0. The lowest BCUT2D eigenvalue weighted by atomic mass is 9.33. The second kappa shape index (κ2) is 25.2. The van der Waals surface area contributed by atoms with Crippen molar-refractivity contribution in [3.8, 4) is 44.8 Å². The summed E-state index contributed by atoms with van der Waals surface area (Å²) in [6.07, 6.45) is 0. The lowest BCUT2D eigenvalue weighted by molar-refractivity contribution is 0.590. The highest BCUT2D eigenvalue weighted by Crippen LogP contribution is 2.55. The van der Waals surface area contributed by atoms with Crippen LogP contribution in [0.2, 0.25) is 0 Å². The van der Waals surface area contributed by atoms with E-state index in [4.69, 9.17) is 4.42 Å². The number of fused-ring (bicyclic) bond motifs is 13. The summed E-state index contributed by atoms with van der Waals surface area (Å²) >= 11 is 0. The summed E-state index contributed by atoms with van der Waals surface area (Å²) in [5, 5.41) is 7.12. The van der Waals surface area contributed by atoms with Crippen LogP contribution in [0.15, 0.2) is 259 Å². The molecule has 2 aliphatic heterocycles. The SMILES string of the molecule is CC(C)(C)c1cccc(-c2ccc3c(c2)N(c2c(-c4ccccc4)cc(C(C)(C)C)cc2-c2ccccc2)c2cc(C(C)(C)C)cc4c2B3c2ccc(-n3c5ccc(C(C)(C)C)cc5c5cc(C(C)(C)C)ccc53)cc2N4c2cccc3c2oc2c(-n4c5ccc(C(C)(C)C)cc5c5cc(C(C)(C)C)ccc54)cccc23)c1. The van der Waals surface area contributed by atoms with Gasteiger partial charge in [-0.25, -0.2) is 0 Å². The Balaban J connectivity index is 0.980. The normalized spacial score (nSPS) is 13.7. The minimum Gasteiger partial charge on any atom is -0.452 e. The third-order valence-corrected chi connectivity index (χ3v) is 24.6. The molecule has 2 aliphatic rings. The Kier molecular flexibility index (Phi) is 16.3. The zero-order chi connectivity index (χ0) is 78.6. The molecule has 18 rings (SSSR count). The number of hydrogen-bond acceptors (Lipinski definition) is 3. The van der Waals surface area contributed by atoms with E-state index in [-0.39, 0.29) is 44.6 Å². The molecule has 112 heavy (non-hydrogen) atoms. The van der Waals surface area contributed by atoms with Crippen molar-refractivity contribution in [2.75, 3.05) is 9.80 Å². The van der Waals surface area contributed by atoms with Crippen LogP contribution < -0.4 is 26.2 Å². The van der Waals surface area contributed by atoms with Crippen LogP contribution in [-0.4, -0.2) is 15.8 Å². The Morgan fingerprint density at radius 3 is 1.08 bits per heavy atom. The van der Waals surface area contributed by atoms with Crippen molar-refractivity contribution in [3.63, 3.8) is 0 Å². The fourth-order valence-electron chi connectivity index (χ4n) is 18.0. The van der Waals surface area contributed by atoms with E-state index in [1.807, 2.05) is 0 Å². The molecule has 0 N–H and O–H groups in total. The Morgan fingerprint density at radius 1 is 0.241 bits per heavy atom. The highest BCUT2D eigenvalue weighted by Gasteiger charge is 2.46. The van der Waals surface area contributed by atoms with Gasteiger partial charge in [-0.2, -0.15) is 0 Å². The van der Waals surface area contributed by atoms with Crippen LogP contribution in [0.25, 0.3) is 110 Å². The van der Waals surface area contributed by atoms with Crippen molar-refractivity contribution in [1.82, 2.24) is 9.13 Å². The topological polar surface area (TPSA) is 29.5 Å². The maximum Gasteiger partial charge on any atom is 0.252 e. The van der Waals surface area contributed by atoms with Gasteiger partial charge in [-0.1, -0.05) is 297 Å². The highest BCUT2D eigenvalue weighted by atomic mass is 16.3. The zero-order valence-corrected chi connectivity index (χ0v) is 69.5. The van der Waals surface area contributed by atoms with Gasteiger partial charge in [-0.3, -0.25) is 0 Å². The lowest BCUT2D eigenvalue weighted by Crippen LogP contribution is -2.61.